The third kappa shape index (κ3) is 3.45. The molecule has 0 aliphatic carbocycles. The first-order valence-corrected chi connectivity index (χ1v) is 8.96. The van der Waals surface area contributed by atoms with E-state index in [4.69, 9.17) is 14.2 Å². The first-order valence-electron chi connectivity index (χ1n) is 8.96. The Kier molecular flexibility index (Phi) is 4.66. The lowest BCUT2D eigenvalue weighted by Crippen LogP contribution is -2.52. The number of likely N-dealkylation sites (tertiary alicyclic amines) is 1. The molecule has 2 fully saturated rings. The molecule has 8 nitrogen and oxygen atoms in total. The molecule has 2 saturated heterocycles. The Balaban J connectivity index is 1.44. The third-order valence-corrected chi connectivity index (χ3v) is 5.30. The van der Waals surface area contributed by atoms with Gasteiger partial charge in [0.1, 0.15) is 18.5 Å². The van der Waals surface area contributed by atoms with E-state index < -0.39 is 17.8 Å². The van der Waals surface area contributed by atoms with Gasteiger partial charge in [-0.3, -0.25) is 4.90 Å². The smallest absolute Gasteiger partial charge is 0.413 e. The fraction of sp³-hybridized carbons (Fsp3) is 0.706. The molecule has 0 radical (unpaired) electrons. The molecule has 0 aromatic carbocycles. The van der Waals surface area contributed by atoms with E-state index in [9.17, 15) is 9.18 Å². The van der Waals surface area contributed by atoms with Gasteiger partial charge >= 0.3 is 12.1 Å². The maximum atomic E-state index is 14.2. The van der Waals surface area contributed by atoms with Crippen LogP contribution in [0.4, 0.5) is 9.18 Å². The number of hydrogen-bond donors (Lipinski definition) is 1. The first-order chi connectivity index (χ1) is 12.5. The number of nitrogens with zero attached hydrogens (tertiary/aromatic N) is 3. The molecule has 0 bridgehead atoms. The van der Waals surface area contributed by atoms with Gasteiger partial charge in [-0.25, -0.2) is 9.18 Å². The second kappa shape index (κ2) is 6.96. The normalized spacial score (nSPS) is 29.8. The van der Waals surface area contributed by atoms with Crippen LogP contribution in [0.25, 0.3) is 0 Å². The van der Waals surface area contributed by atoms with Crippen LogP contribution in [0.2, 0.25) is 0 Å². The summed E-state index contributed by atoms with van der Waals surface area (Å²) in [6.07, 6.45) is 2.30. The number of nitrogens with one attached hydrogen (secondary N) is 1. The van der Waals surface area contributed by atoms with Crippen LogP contribution in [-0.2, 0) is 11.3 Å². The number of carbonyl (C=O) groups excluding carboxylic acids is 1. The fourth-order valence-corrected chi connectivity index (χ4v) is 4.00. The van der Waals surface area contributed by atoms with Crippen LogP contribution in [0.5, 0.6) is 11.8 Å². The number of halogens is 1. The molecule has 26 heavy (non-hydrogen) atoms. The molecule has 1 aromatic rings. The van der Waals surface area contributed by atoms with E-state index in [0.29, 0.717) is 50.3 Å². The highest BCUT2D eigenvalue weighted by Crippen LogP contribution is 2.36. The lowest BCUT2D eigenvalue weighted by Gasteiger charge is -2.41. The van der Waals surface area contributed by atoms with Crippen LogP contribution in [0.3, 0.4) is 0 Å². The number of rotatable bonds is 4. The Morgan fingerprint density at radius 3 is 3.08 bits per heavy atom. The number of amides is 1. The lowest BCUT2D eigenvalue weighted by molar-refractivity contribution is -0.0100. The molecular weight excluding hydrogens is 343 g/mol. The van der Waals surface area contributed by atoms with Crippen molar-refractivity contribution in [2.75, 3.05) is 26.4 Å². The zero-order valence-corrected chi connectivity index (χ0v) is 14.7. The van der Waals surface area contributed by atoms with Gasteiger partial charge < -0.3 is 19.5 Å². The van der Waals surface area contributed by atoms with Crippen LogP contribution in [0.1, 0.15) is 31.9 Å². The molecule has 9 heteroatoms. The standard InChI is InChI=1S/C17H23FN4O4/c1-17(6-11(18)9-22(17)12-2-4-24-5-3-12)10-25-15-19-8-14-13(21-15)7-20-16(23)26-14/h8,11-12H,2-7,9-10H2,1H3,(H,20,23)/t11-,17+/m1/s1. The second-order valence-electron chi connectivity index (χ2n) is 7.29. The molecule has 0 unspecified atom stereocenters. The summed E-state index contributed by atoms with van der Waals surface area (Å²) in [6.45, 7) is 4.46. The highest BCUT2D eigenvalue weighted by Gasteiger charge is 2.46. The van der Waals surface area contributed by atoms with Crippen molar-refractivity contribution >= 4 is 6.09 Å². The number of fused-ring (bicyclic) bond motifs is 1. The quantitative estimate of drug-likeness (QED) is 0.863. The Hall–Kier alpha value is -2.00. The Morgan fingerprint density at radius 2 is 2.27 bits per heavy atom. The molecule has 0 saturated carbocycles. The van der Waals surface area contributed by atoms with Crippen molar-refractivity contribution in [2.24, 2.45) is 0 Å². The third-order valence-electron chi connectivity index (χ3n) is 5.30. The summed E-state index contributed by atoms with van der Waals surface area (Å²) < 4.78 is 30.4. The summed E-state index contributed by atoms with van der Waals surface area (Å²) in [7, 11) is 0. The zero-order chi connectivity index (χ0) is 18.1. The van der Waals surface area contributed by atoms with Crippen LogP contribution >= 0.6 is 0 Å². The maximum Gasteiger partial charge on any atom is 0.413 e. The number of aromatic nitrogens is 2. The summed E-state index contributed by atoms with van der Waals surface area (Å²) in [5.41, 5.74) is 0.154. The van der Waals surface area contributed by atoms with Gasteiger partial charge in [-0.15, -0.1) is 0 Å². The number of alkyl halides is 1. The minimum absolute atomic E-state index is 0.207. The van der Waals surface area contributed by atoms with E-state index in [-0.39, 0.29) is 12.6 Å². The fourth-order valence-electron chi connectivity index (χ4n) is 4.00. The monoisotopic (exact) mass is 366 g/mol. The number of hydrogen-bond acceptors (Lipinski definition) is 7. The zero-order valence-electron chi connectivity index (χ0n) is 14.7. The van der Waals surface area contributed by atoms with Gasteiger partial charge in [-0.1, -0.05) is 0 Å². The second-order valence-corrected chi connectivity index (χ2v) is 7.29. The summed E-state index contributed by atoms with van der Waals surface area (Å²) >= 11 is 0. The molecule has 1 amide bonds. The Morgan fingerprint density at radius 1 is 1.46 bits per heavy atom. The molecule has 4 heterocycles. The van der Waals surface area contributed by atoms with E-state index in [0.717, 1.165) is 12.8 Å². The van der Waals surface area contributed by atoms with Crippen LogP contribution in [0, 0.1) is 0 Å². The van der Waals surface area contributed by atoms with E-state index in [1.807, 2.05) is 6.92 Å². The highest BCUT2D eigenvalue weighted by molar-refractivity contribution is 5.72. The van der Waals surface area contributed by atoms with Crippen LogP contribution < -0.4 is 14.8 Å². The average molecular weight is 366 g/mol. The largest absolute Gasteiger partial charge is 0.461 e. The van der Waals surface area contributed by atoms with Crippen molar-refractivity contribution in [3.8, 4) is 11.8 Å². The molecule has 0 spiro atoms. The predicted octanol–water partition coefficient (Wildman–Crippen LogP) is 1.44. The first kappa shape index (κ1) is 17.4. The molecular formula is C17H23FN4O4. The SMILES string of the molecule is C[C@@]1(COc2ncc3c(n2)CNC(=O)O3)C[C@@H](F)CN1C1CCOCC1. The summed E-state index contributed by atoms with van der Waals surface area (Å²) in [6, 6.07) is 0.519. The van der Waals surface area contributed by atoms with E-state index in [1.165, 1.54) is 6.20 Å². The van der Waals surface area contributed by atoms with Crippen molar-refractivity contribution in [1.82, 2.24) is 20.2 Å². The lowest BCUT2D eigenvalue weighted by atomic mass is 9.96. The maximum absolute atomic E-state index is 14.2. The molecule has 142 valence electrons. The van der Waals surface area contributed by atoms with Gasteiger partial charge in [0.15, 0.2) is 5.75 Å². The van der Waals surface area contributed by atoms with Gasteiger partial charge in [0.2, 0.25) is 0 Å². The minimum atomic E-state index is -0.862. The average Bonchev–Trinajstić information content (AvgIpc) is 2.95. The van der Waals surface area contributed by atoms with E-state index in [1.54, 1.807) is 0 Å². The molecule has 1 N–H and O–H groups in total. The van der Waals surface area contributed by atoms with Crippen molar-refractivity contribution in [3.05, 3.63) is 11.9 Å². The number of ether oxygens (including phenoxy) is 3. The summed E-state index contributed by atoms with van der Waals surface area (Å²) in [5.74, 6) is 0.334. The predicted molar refractivity (Wildman–Crippen MR) is 88.9 cm³/mol. The van der Waals surface area contributed by atoms with E-state index >= 15 is 0 Å². The van der Waals surface area contributed by atoms with Crippen molar-refractivity contribution in [3.63, 3.8) is 0 Å². The highest BCUT2D eigenvalue weighted by atomic mass is 19.1. The molecule has 1 aromatic heterocycles. The molecule has 3 aliphatic rings. The Labute approximate surface area is 151 Å². The molecule has 4 rings (SSSR count). The minimum Gasteiger partial charge on any atom is -0.461 e. The van der Waals surface area contributed by atoms with Gasteiger partial charge in [0.25, 0.3) is 0 Å². The summed E-state index contributed by atoms with van der Waals surface area (Å²) in [5, 5.41) is 2.55. The van der Waals surface area contributed by atoms with Crippen molar-refractivity contribution in [2.45, 2.75) is 50.5 Å². The van der Waals surface area contributed by atoms with Gasteiger partial charge in [-0.05, 0) is 19.8 Å². The Bertz CT molecular complexity index is 685. The van der Waals surface area contributed by atoms with Gasteiger partial charge in [0, 0.05) is 32.2 Å². The van der Waals surface area contributed by atoms with Gasteiger partial charge in [-0.2, -0.15) is 9.97 Å². The van der Waals surface area contributed by atoms with Gasteiger partial charge in [0.05, 0.1) is 18.3 Å². The molecule has 3 aliphatic heterocycles. The molecule has 2 atom stereocenters. The van der Waals surface area contributed by atoms with Crippen molar-refractivity contribution in [1.29, 1.82) is 0 Å². The number of carbonyl (C=O) groups is 1. The van der Waals surface area contributed by atoms with E-state index in [2.05, 4.69) is 20.2 Å². The van der Waals surface area contributed by atoms with Crippen LogP contribution in [0.15, 0.2) is 6.20 Å². The van der Waals surface area contributed by atoms with Crippen LogP contribution in [-0.4, -0.2) is 65.1 Å². The topological polar surface area (TPSA) is 85.8 Å². The summed E-state index contributed by atoms with van der Waals surface area (Å²) in [4.78, 5) is 21.8. The van der Waals surface area contributed by atoms with Crippen molar-refractivity contribution < 1.29 is 23.4 Å².